The third-order valence-electron chi connectivity index (χ3n) is 2.10. The zero-order valence-corrected chi connectivity index (χ0v) is 9.61. The summed E-state index contributed by atoms with van der Waals surface area (Å²) in [7, 11) is 1.37. The number of methoxy groups -OCH3 is 1. The number of fused-ring (bicyclic) bond motifs is 1. The van der Waals surface area contributed by atoms with Crippen LogP contribution in [0.15, 0.2) is 34.9 Å². The lowest BCUT2D eigenvalue weighted by Gasteiger charge is -2.03. The average molecular weight is 266 g/mol. The van der Waals surface area contributed by atoms with E-state index in [0.29, 0.717) is 5.56 Å². The maximum absolute atomic E-state index is 11.5. The molecule has 0 radical (unpaired) electrons. The number of ether oxygens (including phenoxy) is 1. The van der Waals surface area contributed by atoms with Gasteiger partial charge in [-0.1, -0.05) is 6.07 Å². The molecule has 0 unspecified atom stereocenters. The summed E-state index contributed by atoms with van der Waals surface area (Å²) >= 11 is 3.32. The van der Waals surface area contributed by atoms with E-state index in [1.165, 1.54) is 7.11 Å². The Morgan fingerprint density at radius 3 is 3.00 bits per heavy atom. The van der Waals surface area contributed by atoms with Gasteiger partial charge in [-0.25, -0.2) is 4.79 Å². The minimum atomic E-state index is -0.347. The summed E-state index contributed by atoms with van der Waals surface area (Å²) in [6.07, 6.45) is 1.70. The minimum absolute atomic E-state index is 0.347. The first-order valence-electron chi connectivity index (χ1n) is 4.35. The van der Waals surface area contributed by atoms with Crippen LogP contribution >= 0.6 is 15.9 Å². The van der Waals surface area contributed by atoms with Crippen LogP contribution in [0.1, 0.15) is 10.4 Å². The van der Waals surface area contributed by atoms with Crippen molar-refractivity contribution >= 4 is 32.8 Å². The molecule has 0 atom stereocenters. The van der Waals surface area contributed by atoms with Crippen LogP contribution in [0.4, 0.5) is 0 Å². The molecule has 1 aromatic heterocycles. The highest BCUT2D eigenvalue weighted by molar-refractivity contribution is 9.10. The van der Waals surface area contributed by atoms with Gasteiger partial charge in [-0.3, -0.25) is 4.98 Å². The Morgan fingerprint density at radius 1 is 1.47 bits per heavy atom. The number of esters is 1. The molecule has 0 N–H and O–H groups in total. The Hall–Kier alpha value is -1.42. The summed E-state index contributed by atoms with van der Waals surface area (Å²) in [4.78, 5) is 15.7. The van der Waals surface area contributed by atoms with Crippen molar-refractivity contribution in [2.75, 3.05) is 7.11 Å². The number of hydrogen-bond donors (Lipinski definition) is 0. The van der Waals surface area contributed by atoms with Gasteiger partial charge in [0.05, 0.1) is 18.2 Å². The molecule has 0 spiro atoms. The summed E-state index contributed by atoms with van der Waals surface area (Å²) in [5.41, 5.74) is 1.31. The second kappa shape index (κ2) is 3.98. The molecule has 0 fully saturated rings. The summed E-state index contributed by atoms with van der Waals surface area (Å²) in [6.45, 7) is 0. The third-order valence-corrected chi connectivity index (χ3v) is 2.53. The molecule has 0 saturated heterocycles. The highest BCUT2D eigenvalue weighted by Gasteiger charge is 2.10. The van der Waals surface area contributed by atoms with E-state index in [9.17, 15) is 4.79 Å². The third kappa shape index (κ3) is 1.85. The second-order valence-electron chi connectivity index (χ2n) is 3.02. The van der Waals surface area contributed by atoms with Crippen molar-refractivity contribution in [1.82, 2.24) is 4.98 Å². The van der Waals surface area contributed by atoms with Crippen LogP contribution in [0.25, 0.3) is 10.9 Å². The molecule has 1 aromatic carbocycles. The van der Waals surface area contributed by atoms with Gasteiger partial charge in [-0.2, -0.15) is 0 Å². The Balaban J connectivity index is 2.74. The van der Waals surface area contributed by atoms with Crippen LogP contribution in [0.5, 0.6) is 0 Å². The molecule has 0 bridgehead atoms. The van der Waals surface area contributed by atoms with Crippen molar-refractivity contribution in [2.45, 2.75) is 0 Å². The molecule has 2 aromatic rings. The predicted molar refractivity (Wildman–Crippen MR) is 60.8 cm³/mol. The van der Waals surface area contributed by atoms with Crippen LogP contribution in [0.2, 0.25) is 0 Å². The van der Waals surface area contributed by atoms with E-state index in [1.54, 1.807) is 18.3 Å². The molecule has 0 saturated carbocycles. The zero-order valence-electron chi connectivity index (χ0n) is 8.03. The van der Waals surface area contributed by atoms with Gasteiger partial charge in [0.2, 0.25) is 0 Å². The minimum Gasteiger partial charge on any atom is -0.465 e. The van der Waals surface area contributed by atoms with Crippen molar-refractivity contribution in [3.63, 3.8) is 0 Å². The molecular weight excluding hydrogens is 258 g/mol. The molecule has 4 heteroatoms. The normalized spacial score (nSPS) is 10.3. The first-order chi connectivity index (χ1) is 7.22. The molecule has 76 valence electrons. The molecular formula is C11H8BrNO2. The number of aromatic nitrogens is 1. The quantitative estimate of drug-likeness (QED) is 0.745. The van der Waals surface area contributed by atoms with Crippen LogP contribution < -0.4 is 0 Å². The summed E-state index contributed by atoms with van der Waals surface area (Å²) in [5.74, 6) is -0.347. The van der Waals surface area contributed by atoms with Crippen LogP contribution in [-0.4, -0.2) is 18.1 Å². The van der Waals surface area contributed by atoms with Gasteiger partial charge in [0.1, 0.15) is 0 Å². The van der Waals surface area contributed by atoms with E-state index in [1.807, 2.05) is 12.1 Å². The topological polar surface area (TPSA) is 39.2 Å². The van der Waals surface area contributed by atoms with Gasteiger partial charge in [0.15, 0.2) is 0 Å². The fourth-order valence-corrected chi connectivity index (χ4v) is 1.74. The van der Waals surface area contributed by atoms with Crippen molar-refractivity contribution in [3.8, 4) is 0 Å². The zero-order chi connectivity index (χ0) is 10.8. The van der Waals surface area contributed by atoms with Crippen molar-refractivity contribution in [1.29, 1.82) is 0 Å². The predicted octanol–water partition coefficient (Wildman–Crippen LogP) is 2.78. The van der Waals surface area contributed by atoms with Gasteiger partial charge in [-0.15, -0.1) is 0 Å². The lowest BCUT2D eigenvalue weighted by molar-refractivity contribution is 0.0603. The largest absolute Gasteiger partial charge is 0.465 e. The lowest BCUT2D eigenvalue weighted by atomic mass is 10.1. The summed E-state index contributed by atoms with van der Waals surface area (Å²) in [6, 6.07) is 7.22. The maximum Gasteiger partial charge on any atom is 0.338 e. The average Bonchev–Trinajstić information content (AvgIpc) is 2.27. The number of pyridine rings is 1. The number of carbonyl (C=O) groups is 1. The molecule has 0 aliphatic carbocycles. The molecule has 15 heavy (non-hydrogen) atoms. The molecule has 0 amide bonds. The van der Waals surface area contributed by atoms with Crippen LogP contribution in [0.3, 0.4) is 0 Å². The number of nitrogens with zero attached hydrogens (tertiary/aromatic N) is 1. The first-order valence-corrected chi connectivity index (χ1v) is 5.14. The highest BCUT2D eigenvalue weighted by atomic mass is 79.9. The summed E-state index contributed by atoms with van der Waals surface area (Å²) < 4.78 is 5.54. The lowest BCUT2D eigenvalue weighted by Crippen LogP contribution is -2.02. The highest BCUT2D eigenvalue weighted by Crippen LogP contribution is 2.21. The van der Waals surface area contributed by atoms with Gasteiger partial charge in [-0.05, 0) is 34.1 Å². The molecule has 3 nitrogen and oxygen atoms in total. The molecule has 0 aliphatic rings. The van der Waals surface area contributed by atoms with E-state index in [4.69, 9.17) is 4.74 Å². The number of rotatable bonds is 1. The van der Waals surface area contributed by atoms with E-state index in [-0.39, 0.29) is 5.97 Å². The van der Waals surface area contributed by atoms with Crippen molar-refractivity contribution < 1.29 is 9.53 Å². The smallest absolute Gasteiger partial charge is 0.338 e. The van der Waals surface area contributed by atoms with E-state index in [0.717, 1.165) is 15.4 Å². The second-order valence-corrected chi connectivity index (χ2v) is 3.93. The fraction of sp³-hybridized carbons (Fsp3) is 0.0909. The van der Waals surface area contributed by atoms with E-state index < -0.39 is 0 Å². The Bertz CT molecular complexity index is 525. The van der Waals surface area contributed by atoms with Crippen LogP contribution in [-0.2, 0) is 4.74 Å². The van der Waals surface area contributed by atoms with Gasteiger partial charge in [0.25, 0.3) is 0 Å². The fourth-order valence-electron chi connectivity index (χ4n) is 1.41. The SMILES string of the molecule is COC(=O)c1cccc2ncc(Br)cc12. The Kier molecular flexibility index (Phi) is 2.68. The monoisotopic (exact) mass is 265 g/mol. The Labute approximate surface area is 95.2 Å². The first kappa shape index (κ1) is 10.1. The van der Waals surface area contributed by atoms with E-state index in [2.05, 4.69) is 20.9 Å². The van der Waals surface area contributed by atoms with Gasteiger partial charge < -0.3 is 4.74 Å². The standard InChI is InChI=1S/C11H8BrNO2/c1-15-11(14)8-3-2-4-10-9(8)5-7(12)6-13-10/h2-6H,1H3. The number of hydrogen-bond acceptors (Lipinski definition) is 3. The Morgan fingerprint density at radius 2 is 2.27 bits per heavy atom. The number of benzene rings is 1. The van der Waals surface area contributed by atoms with Gasteiger partial charge >= 0.3 is 5.97 Å². The number of carbonyl (C=O) groups excluding carboxylic acids is 1. The van der Waals surface area contributed by atoms with E-state index >= 15 is 0 Å². The molecule has 2 rings (SSSR count). The van der Waals surface area contributed by atoms with Gasteiger partial charge in [0, 0.05) is 16.1 Å². The maximum atomic E-state index is 11.5. The number of halogens is 1. The van der Waals surface area contributed by atoms with Crippen LogP contribution in [0, 0.1) is 0 Å². The van der Waals surface area contributed by atoms with Crippen molar-refractivity contribution in [3.05, 3.63) is 40.5 Å². The van der Waals surface area contributed by atoms with Crippen molar-refractivity contribution in [2.24, 2.45) is 0 Å². The molecule has 0 aliphatic heterocycles. The molecule has 1 heterocycles. The summed E-state index contributed by atoms with van der Waals surface area (Å²) in [5, 5.41) is 0.790.